The van der Waals surface area contributed by atoms with Gasteiger partial charge in [-0.25, -0.2) is 0 Å². The third-order valence-corrected chi connectivity index (χ3v) is 5.11. The van der Waals surface area contributed by atoms with E-state index in [2.05, 4.69) is 35.3 Å². The SMILES string of the molecule is O=C(c1ccc(-c2ccoc2)nc1)N1CCCC(c2ccccc2)CC1. The molecule has 0 aliphatic carbocycles. The Balaban J connectivity index is 1.43. The van der Waals surface area contributed by atoms with Gasteiger partial charge in [0.25, 0.3) is 5.91 Å². The van der Waals surface area contributed by atoms with Crippen LogP contribution in [0.1, 0.15) is 41.1 Å². The van der Waals surface area contributed by atoms with Crippen LogP contribution >= 0.6 is 0 Å². The average Bonchev–Trinajstić information content (AvgIpc) is 3.13. The topological polar surface area (TPSA) is 46.3 Å². The Labute approximate surface area is 153 Å². The van der Waals surface area contributed by atoms with Crippen LogP contribution in [-0.4, -0.2) is 28.9 Å². The van der Waals surface area contributed by atoms with Crippen molar-refractivity contribution in [3.8, 4) is 11.3 Å². The third-order valence-electron chi connectivity index (χ3n) is 5.11. The summed E-state index contributed by atoms with van der Waals surface area (Å²) in [5.41, 5.74) is 3.77. The summed E-state index contributed by atoms with van der Waals surface area (Å²) in [4.78, 5) is 19.2. The van der Waals surface area contributed by atoms with E-state index in [0.29, 0.717) is 11.5 Å². The van der Waals surface area contributed by atoms with Gasteiger partial charge in [0, 0.05) is 24.8 Å². The molecule has 0 N–H and O–H groups in total. The predicted molar refractivity (Wildman–Crippen MR) is 101 cm³/mol. The fourth-order valence-corrected chi connectivity index (χ4v) is 3.64. The monoisotopic (exact) mass is 346 g/mol. The summed E-state index contributed by atoms with van der Waals surface area (Å²) in [5, 5.41) is 0. The van der Waals surface area contributed by atoms with Crippen LogP contribution in [0.25, 0.3) is 11.3 Å². The number of benzene rings is 1. The zero-order valence-electron chi connectivity index (χ0n) is 14.7. The second-order valence-corrected chi connectivity index (χ2v) is 6.77. The molecule has 0 radical (unpaired) electrons. The largest absolute Gasteiger partial charge is 0.472 e. The quantitative estimate of drug-likeness (QED) is 0.687. The second kappa shape index (κ2) is 7.56. The smallest absolute Gasteiger partial charge is 0.255 e. The molecule has 4 rings (SSSR count). The molecule has 1 amide bonds. The van der Waals surface area contributed by atoms with E-state index in [1.807, 2.05) is 23.1 Å². The minimum Gasteiger partial charge on any atom is -0.472 e. The van der Waals surface area contributed by atoms with E-state index < -0.39 is 0 Å². The number of hydrogen-bond acceptors (Lipinski definition) is 3. The highest BCUT2D eigenvalue weighted by Crippen LogP contribution is 2.28. The van der Waals surface area contributed by atoms with Gasteiger partial charge in [0.1, 0.15) is 0 Å². The van der Waals surface area contributed by atoms with Gasteiger partial charge in [-0.1, -0.05) is 30.3 Å². The maximum absolute atomic E-state index is 12.9. The van der Waals surface area contributed by atoms with Crippen LogP contribution < -0.4 is 0 Å². The lowest BCUT2D eigenvalue weighted by Crippen LogP contribution is -2.32. The third kappa shape index (κ3) is 3.54. The fraction of sp³-hybridized carbons (Fsp3) is 0.273. The van der Waals surface area contributed by atoms with Gasteiger partial charge in [-0.2, -0.15) is 0 Å². The van der Waals surface area contributed by atoms with E-state index in [9.17, 15) is 4.79 Å². The molecule has 1 aromatic carbocycles. The molecule has 4 nitrogen and oxygen atoms in total. The van der Waals surface area contributed by atoms with E-state index >= 15 is 0 Å². The Hall–Kier alpha value is -2.88. The normalized spacial score (nSPS) is 17.7. The van der Waals surface area contributed by atoms with Crippen LogP contribution in [-0.2, 0) is 0 Å². The molecule has 26 heavy (non-hydrogen) atoms. The minimum absolute atomic E-state index is 0.0740. The first-order valence-electron chi connectivity index (χ1n) is 9.14. The van der Waals surface area contributed by atoms with Crippen molar-refractivity contribution >= 4 is 5.91 Å². The highest BCUT2D eigenvalue weighted by Gasteiger charge is 2.22. The number of carbonyl (C=O) groups is 1. The van der Waals surface area contributed by atoms with Gasteiger partial charge in [0.05, 0.1) is 23.8 Å². The Morgan fingerprint density at radius 1 is 1.04 bits per heavy atom. The first-order chi connectivity index (χ1) is 12.8. The van der Waals surface area contributed by atoms with Crippen molar-refractivity contribution in [2.45, 2.75) is 25.2 Å². The van der Waals surface area contributed by atoms with Crippen molar-refractivity contribution < 1.29 is 9.21 Å². The van der Waals surface area contributed by atoms with Crippen molar-refractivity contribution in [1.29, 1.82) is 0 Å². The maximum atomic E-state index is 12.9. The molecule has 1 aliphatic heterocycles. The molecule has 3 aromatic rings. The molecule has 1 aliphatic rings. The molecule has 0 spiro atoms. The van der Waals surface area contributed by atoms with Gasteiger partial charge in [-0.05, 0) is 48.9 Å². The molecular weight excluding hydrogens is 324 g/mol. The molecule has 1 fully saturated rings. The number of nitrogens with zero attached hydrogens (tertiary/aromatic N) is 2. The summed E-state index contributed by atoms with van der Waals surface area (Å²) in [7, 11) is 0. The lowest BCUT2D eigenvalue weighted by Gasteiger charge is -2.20. The fourth-order valence-electron chi connectivity index (χ4n) is 3.64. The van der Waals surface area contributed by atoms with E-state index in [1.165, 1.54) is 5.56 Å². The van der Waals surface area contributed by atoms with Crippen LogP contribution in [0.15, 0.2) is 71.7 Å². The van der Waals surface area contributed by atoms with Gasteiger partial charge in [0.2, 0.25) is 0 Å². The van der Waals surface area contributed by atoms with Crippen molar-refractivity contribution in [1.82, 2.24) is 9.88 Å². The van der Waals surface area contributed by atoms with E-state index in [4.69, 9.17) is 4.42 Å². The highest BCUT2D eigenvalue weighted by atomic mass is 16.3. The summed E-state index contributed by atoms with van der Waals surface area (Å²) < 4.78 is 5.09. The van der Waals surface area contributed by atoms with Crippen LogP contribution in [0.4, 0.5) is 0 Å². The van der Waals surface area contributed by atoms with E-state index in [-0.39, 0.29) is 5.91 Å². The van der Waals surface area contributed by atoms with Gasteiger partial charge in [0.15, 0.2) is 0 Å². The Kier molecular flexibility index (Phi) is 4.82. The Bertz CT molecular complexity index is 842. The number of aromatic nitrogens is 1. The first-order valence-corrected chi connectivity index (χ1v) is 9.14. The van der Waals surface area contributed by atoms with Gasteiger partial charge >= 0.3 is 0 Å². The molecule has 1 unspecified atom stereocenters. The number of carbonyl (C=O) groups excluding carboxylic acids is 1. The molecule has 4 heteroatoms. The second-order valence-electron chi connectivity index (χ2n) is 6.77. The van der Waals surface area contributed by atoms with Crippen LogP contribution in [0, 0.1) is 0 Å². The standard InChI is InChI=1S/C22H22N2O2/c25-22(19-8-9-21(23-15-19)20-11-14-26-16-20)24-12-4-7-18(10-13-24)17-5-2-1-3-6-17/h1-3,5-6,8-9,11,14-16,18H,4,7,10,12-13H2. The van der Waals surface area contributed by atoms with E-state index in [0.717, 1.165) is 43.6 Å². The summed E-state index contributed by atoms with van der Waals surface area (Å²) in [6, 6.07) is 16.2. The van der Waals surface area contributed by atoms with Crippen LogP contribution in [0.2, 0.25) is 0 Å². The number of furan rings is 1. The number of hydrogen-bond donors (Lipinski definition) is 0. The Morgan fingerprint density at radius 3 is 2.65 bits per heavy atom. The summed E-state index contributed by atoms with van der Waals surface area (Å²) in [6.07, 6.45) is 8.12. The number of likely N-dealkylation sites (tertiary alicyclic amines) is 1. The van der Waals surface area contributed by atoms with Crippen LogP contribution in [0.5, 0.6) is 0 Å². The Morgan fingerprint density at radius 2 is 1.92 bits per heavy atom. The first kappa shape index (κ1) is 16.6. The summed E-state index contributed by atoms with van der Waals surface area (Å²) in [5.74, 6) is 0.612. The molecule has 1 atom stereocenters. The average molecular weight is 346 g/mol. The molecule has 2 aromatic heterocycles. The minimum atomic E-state index is 0.0740. The van der Waals surface area contributed by atoms with Crippen molar-refractivity contribution in [2.24, 2.45) is 0 Å². The lowest BCUT2D eigenvalue weighted by atomic mass is 9.92. The predicted octanol–water partition coefficient (Wildman–Crippen LogP) is 4.75. The summed E-state index contributed by atoms with van der Waals surface area (Å²) >= 11 is 0. The maximum Gasteiger partial charge on any atom is 0.255 e. The molecule has 0 bridgehead atoms. The molecular formula is C22H22N2O2. The lowest BCUT2D eigenvalue weighted by molar-refractivity contribution is 0.0760. The highest BCUT2D eigenvalue weighted by molar-refractivity contribution is 5.94. The zero-order valence-corrected chi connectivity index (χ0v) is 14.7. The van der Waals surface area contributed by atoms with Crippen molar-refractivity contribution in [2.75, 3.05) is 13.1 Å². The van der Waals surface area contributed by atoms with Gasteiger partial charge in [-0.3, -0.25) is 9.78 Å². The number of pyridine rings is 1. The molecule has 0 saturated carbocycles. The van der Waals surface area contributed by atoms with E-state index in [1.54, 1.807) is 18.7 Å². The van der Waals surface area contributed by atoms with Gasteiger partial charge in [-0.15, -0.1) is 0 Å². The molecule has 132 valence electrons. The van der Waals surface area contributed by atoms with Crippen LogP contribution in [0.3, 0.4) is 0 Å². The van der Waals surface area contributed by atoms with Crippen molar-refractivity contribution in [3.05, 3.63) is 78.4 Å². The molecule has 3 heterocycles. The molecule has 1 saturated heterocycles. The zero-order chi connectivity index (χ0) is 17.8. The van der Waals surface area contributed by atoms with Gasteiger partial charge < -0.3 is 9.32 Å². The van der Waals surface area contributed by atoms with Crippen molar-refractivity contribution in [3.63, 3.8) is 0 Å². The number of rotatable bonds is 3. The number of amides is 1. The summed E-state index contributed by atoms with van der Waals surface area (Å²) in [6.45, 7) is 1.60.